The number of oxazole rings is 1. The van der Waals surface area contributed by atoms with Crippen molar-refractivity contribution in [3.05, 3.63) is 58.6 Å². The fraction of sp³-hybridized carbons (Fsp3) is 0.417. The van der Waals surface area contributed by atoms with Crippen LogP contribution in [0.3, 0.4) is 0 Å². The number of anilines is 1. The molecule has 2 aliphatic rings. The van der Waals surface area contributed by atoms with Crippen molar-refractivity contribution < 1.29 is 17.6 Å². The van der Waals surface area contributed by atoms with Gasteiger partial charge in [-0.1, -0.05) is 12.1 Å². The molecule has 3 heterocycles. The molecular formula is C24H27N3O5S. The number of carbonyl (C=O) groups is 1. The summed E-state index contributed by atoms with van der Waals surface area (Å²) < 4.78 is 34.2. The monoisotopic (exact) mass is 469 g/mol. The highest BCUT2D eigenvalue weighted by Gasteiger charge is 2.29. The second-order valence-electron chi connectivity index (χ2n) is 8.64. The molecule has 33 heavy (non-hydrogen) atoms. The first-order valence-electron chi connectivity index (χ1n) is 11.5. The molecule has 3 aromatic rings. The van der Waals surface area contributed by atoms with Gasteiger partial charge < -0.3 is 9.32 Å². The molecule has 2 aromatic carbocycles. The minimum Gasteiger partial charge on any atom is -0.408 e. The molecule has 0 atom stereocenters. The number of nitrogens with zero attached hydrogens (tertiary/aromatic N) is 3. The lowest BCUT2D eigenvalue weighted by molar-refractivity contribution is -0.118. The van der Waals surface area contributed by atoms with E-state index in [0.717, 1.165) is 42.5 Å². The summed E-state index contributed by atoms with van der Waals surface area (Å²) in [7, 11) is -3.48. The van der Waals surface area contributed by atoms with Crippen LogP contribution in [-0.4, -0.2) is 42.8 Å². The number of rotatable bonds is 6. The van der Waals surface area contributed by atoms with Crippen LogP contribution in [-0.2, 0) is 27.8 Å². The van der Waals surface area contributed by atoms with E-state index in [4.69, 9.17) is 4.42 Å². The van der Waals surface area contributed by atoms with E-state index in [0.29, 0.717) is 49.5 Å². The summed E-state index contributed by atoms with van der Waals surface area (Å²) >= 11 is 0. The predicted octanol–water partition coefficient (Wildman–Crippen LogP) is 3.14. The maximum absolute atomic E-state index is 13.0. The van der Waals surface area contributed by atoms with Gasteiger partial charge in [0.15, 0.2) is 5.58 Å². The summed E-state index contributed by atoms with van der Waals surface area (Å²) in [5, 5.41) is 0. The molecule has 5 rings (SSSR count). The third kappa shape index (κ3) is 4.11. The van der Waals surface area contributed by atoms with E-state index in [1.165, 1.54) is 0 Å². The third-order valence-electron chi connectivity index (χ3n) is 6.52. The second-order valence-corrected chi connectivity index (χ2v) is 10.6. The smallest absolute Gasteiger partial charge is 0.408 e. The Morgan fingerprint density at radius 1 is 1.00 bits per heavy atom. The number of aromatic nitrogens is 1. The quantitative estimate of drug-likeness (QED) is 0.553. The largest absolute Gasteiger partial charge is 0.419 e. The average Bonchev–Trinajstić information content (AvgIpc) is 3.47. The van der Waals surface area contributed by atoms with Gasteiger partial charge in [-0.05, 0) is 68.0 Å². The topological polar surface area (TPSA) is 92.8 Å². The highest BCUT2D eigenvalue weighted by Crippen LogP contribution is 2.31. The molecule has 8 nitrogen and oxygen atoms in total. The minimum absolute atomic E-state index is 0.0213. The van der Waals surface area contributed by atoms with Gasteiger partial charge in [-0.3, -0.25) is 9.36 Å². The fourth-order valence-electron chi connectivity index (χ4n) is 4.82. The molecule has 2 aliphatic heterocycles. The molecule has 0 unspecified atom stereocenters. The van der Waals surface area contributed by atoms with Crippen molar-refractivity contribution in [1.29, 1.82) is 0 Å². The van der Waals surface area contributed by atoms with Crippen LogP contribution in [0.25, 0.3) is 11.1 Å². The molecule has 1 amide bonds. The lowest BCUT2D eigenvalue weighted by Crippen LogP contribution is -2.36. The number of fused-ring (bicyclic) bond motifs is 2. The molecule has 0 N–H and O–H groups in total. The highest BCUT2D eigenvalue weighted by atomic mass is 32.2. The number of amides is 1. The summed E-state index contributed by atoms with van der Waals surface area (Å²) in [5.41, 5.74) is 2.95. The Bertz CT molecular complexity index is 1350. The number of benzene rings is 2. The molecule has 1 aromatic heterocycles. The van der Waals surface area contributed by atoms with Gasteiger partial charge in [-0.25, -0.2) is 13.2 Å². The van der Waals surface area contributed by atoms with Crippen molar-refractivity contribution in [2.24, 2.45) is 0 Å². The van der Waals surface area contributed by atoms with Gasteiger partial charge in [0.1, 0.15) is 0 Å². The molecule has 0 bridgehead atoms. The summed E-state index contributed by atoms with van der Waals surface area (Å²) in [5.74, 6) is -0.439. The summed E-state index contributed by atoms with van der Waals surface area (Å²) in [6, 6.07) is 12.4. The fourth-order valence-corrected chi connectivity index (χ4v) is 6.39. The van der Waals surface area contributed by atoms with Crippen molar-refractivity contribution in [2.45, 2.75) is 50.0 Å². The zero-order valence-corrected chi connectivity index (χ0v) is 19.2. The number of para-hydroxylation sites is 2. The number of aryl methyl sites for hydroxylation is 2. The number of carbonyl (C=O) groups excluding carboxylic acids is 1. The van der Waals surface area contributed by atoms with Crippen molar-refractivity contribution in [3.63, 3.8) is 0 Å². The van der Waals surface area contributed by atoms with Crippen molar-refractivity contribution >= 4 is 32.7 Å². The van der Waals surface area contributed by atoms with Crippen molar-refractivity contribution in [1.82, 2.24) is 8.87 Å². The molecular weight excluding hydrogens is 442 g/mol. The lowest BCUT2D eigenvalue weighted by Gasteiger charge is -2.30. The summed E-state index contributed by atoms with van der Waals surface area (Å²) in [6.45, 7) is 2.14. The van der Waals surface area contributed by atoms with Gasteiger partial charge in [-0.2, -0.15) is 4.31 Å². The number of sulfonamides is 1. The molecule has 9 heteroatoms. The van der Waals surface area contributed by atoms with Crippen LogP contribution >= 0.6 is 0 Å². The van der Waals surface area contributed by atoms with Crippen molar-refractivity contribution in [3.8, 4) is 0 Å². The lowest BCUT2D eigenvalue weighted by atomic mass is 10.0. The predicted molar refractivity (Wildman–Crippen MR) is 125 cm³/mol. The van der Waals surface area contributed by atoms with Crippen LogP contribution in [0, 0.1) is 0 Å². The van der Waals surface area contributed by atoms with Crippen LogP contribution in [0.1, 0.15) is 37.7 Å². The Morgan fingerprint density at radius 3 is 2.61 bits per heavy atom. The Morgan fingerprint density at radius 2 is 1.79 bits per heavy atom. The van der Waals surface area contributed by atoms with Crippen LogP contribution in [0.15, 0.2) is 56.6 Å². The van der Waals surface area contributed by atoms with Crippen LogP contribution in [0.5, 0.6) is 0 Å². The van der Waals surface area contributed by atoms with E-state index in [1.807, 2.05) is 18.2 Å². The van der Waals surface area contributed by atoms with Crippen LogP contribution in [0.2, 0.25) is 0 Å². The molecule has 1 saturated heterocycles. The van der Waals surface area contributed by atoms with Gasteiger partial charge >= 0.3 is 5.76 Å². The van der Waals surface area contributed by atoms with Gasteiger partial charge in [0.2, 0.25) is 15.9 Å². The SMILES string of the molecule is O=C(CCCn1c(=O)oc2ccccc21)N1CCCc2cc(S(=O)(=O)N3CCCC3)ccc21. The zero-order chi connectivity index (χ0) is 23.0. The maximum atomic E-state index is 13.0. The van der Waals surface area contributed by atoms with E-state index in [1.54, 1.807) is 38.0 Å². The Kier molecular flexibility index (Phi) is 5.84. The second kappa shape index (κ2) is 8.79. The molecule has 0 spiro atoms. The van der Waals surface area contributed by atoms with Gasteiger partial charge in [0.05, 0.1) is 10.4 Å². The van der Waals surface area contributed by atoms with Crippen LogP contribution in [0.4, 0.5) is 5.69 Å². The van der Waals surface area contributed by atoms with E-state index in [2.05, 4.69) is 0 Å². The molecule has 1 fully saturated rings. The van der Waals surface area contributed by atoms with Gasteiger partial charge in [-0.15, -0.1) is 0 Å². The first-order chi connectivity index (χ1) is 15.9. The third-order valence-corrected chi connectivity index (χ3v) is 8.41. The van der Waals surface area contributed by atoms with Gasteiger partial charge in [0, 0.05) is 38.3 Å². The molecule has 0 radical (unpaired) electrons. The summed E-state index contributed by atoms with van der Waals surface area (Å²) in [6.07, 6.45) is 4.13. The molecule has 174 valence electrons. The Balaban J connectivity index is 1.29. The van der Waals surface area contributed by atoms with E-state index >= 15 is 0 Å². The van der Waals surface area contributed by atoms with Crippen LogP contribution < -0.4 is 10.7 Å². The Labute approximate surface area is 192 Å². The first kappa shape index (κ1) is 21.9. The van der Waals surface area contributed by atoms with E-state index in [-0.39, 0.29) is 5.91 Å². The zero-order valence-electron chi connectivity index (χ0n) is 18.4. The standard InChI is InChI=1S/C24H27N3O5S/c28-23(10-6-16-27-21-8-1-2-9-22(21)32-24(27)29)26-15-5-7-18-17-19(11-12-20(18)26)33(30,31)25-13-3-4-14-25/h1-2,8-9,11-12,17H,3-7,10,13-16H2. The first-order valence-corrected chi connectivity index (χ1v) is 12.9. The number of hydrogen-bond donors (Lipinski definition) is 0. The summed E-state index contributed by atoms with van der Waals surface area (Å²) in [4.78, 5) is 27.2. The van der Waals surface area contributed by atoms with E-state index in [9.17, 15) is 18.0 Å². The van der Waals surface area contributed by atoms with Crippen molar-refractivity contribution in [2.75, 3.05) is 24.5 Å². The normalized spacial score (nSPS) is 16.9. The molecule has 0 aliphatic carbocycles. The average molecular weight is 470 g/mol. The number of hydrogen-bond acceptors (Lipinski definition) is 5. The molecule has 0 saturated carbocycles. The van der Waals surface area contributed by atoms with E-state index < -0.39 is 15.8 Å². The minimum atomic E-state index is -3.48. The highest BCUT2D eigenvalue weighted by molar-refractivity contribution is 7.89. The van der Waals surface area contributed by atoms with Gasteiger partial charge in [0.25, 0.3) is 0 Å². The Hall–Kier alpha value is -2.91. The maximum Gasteiger partial charge on any atom is 0.419 e.